The quantitative estimate of drug-likeness (QED) is 0.728. The smallest absolute Gasteiger partial charge is 0.192 e. The highest BCUT2D eigenvalue weighted by molar-refractivity contribution is 9.10. The van der Waals surface area contributed by atoms with Crippen molar-refractivity contribution in [2.75, 3.05) is 13.1 Å². The average Bonchev–Trinajstić information content (AvgIpc) is 2.27. The molecule has 2 nitrogen and oxygen atoms in total. The van der Waals surface area contributed by atoms with Crippen LogP contribution in [0.1, 0.15) is 26.3 Å². The molecule has 0 N–H and O–H groups in total. The molecule has 0 aromatic heterocycles. The molecule has 0 bridgehead atoms. The predicted molar refractivity (Wildman–Crippen MR) is 91.5 cm³/mol. The molecular formula is C16H26BrNOSi. The monoisotopic (exact) mass is 355 g/mol. The minimum absolute atomic E-state index is 0.305. The van der Waals surface area contributed by atoms with Crippen LogP contribution in [0, 0.1) is 0 Å². The van der Waals surface area contributed by atoms with Crippen molar-refractivity contribution in [2.45, 2.75) is 51.6 Å². The fourth-order valence-electron chi connectivity index (χ4n) is 2.17. The lowest BCUT2D eigenvalue weighted by Crippen LogP contribution is -2.57. The van der Waals surface area contributed by atoms with E-state index in [2.05, 4.69) is 79.0 Å². The van der Waals surface area contributed by atoms with Crippen molar-refractivity contribution in [3.63, 3.8) is 0 Å². The standard InChI is InChI=1S/C16H26BrNOSi/c1-16(2,3)20(4,5)19-15-11-18(12-15)10-13-6-8-14(17)9-7-13/h6-9,15H,10-12H2,1-5H3. The summed E-state index contributed by atoms with van der Waals surface area (Å²) in [6, 6.07) is 8.59. The molecule has 4 heteroatoms. The molecule has 2 rings (SSSR count). The molecule has 0 saturated carbocycles. The third-order valence-electron chi connectivity index (χ3n) is 4.51. The van der Waals surface area contributed by atoms with Crippen molar-refractivity contribution < 1.29 is 4.43 Å². The molecule has 0 atom stereocenters. The Morgan fingerprint density at radius 1 is 1.20 bits per heavy atom. The van der Waals surface area contributed by atoms with Gasteiger partial charge < -0.3 is 4.43 Å². The Hall–Kier alpha value is -0.163. The number of hydrogen-bond acceptors (Lipinski definition) is 2. The van der Waals surface area contributed by atoms with Crippen molar-refractivity contribution in [2.24, 2.45) is 0 Å². The second-order valence-electron chi connectivity index (χ2n) is 7.32. The molecule has 1 aliphatic rings. The van der Waals surface area contributed by atoms with Gasteiger partial charge in [0.2, 0.25) is 0 Å². The van der Waals surface area contributed by atoms with E-state index >= 15 is 0 Å². The highest BCUT2D eigenvalue weighted by Crippen LogP contribution is 2.38. The minimum atomic E-state index is -1.60. The van der Waals surface area contributed by atoms with E-state index in [1.807, 2.05) is 0 Å². The van der Waals surface area contributed by atoms with Crippen LogP contribution in [0.5, 0.6) is 0 Å². The van der Waals surface area contributed by atoms with Crippen LogP contribution in [0.25, 0.3) is 0 Å². The minimum Gasteiger partial charge on any atom is -0.411 e. The van der Waals surface area contributed by atoms with E-state index in [1.54, 1.807) is 0 Å². The summed E-state index contributed by atoms with van der Waals surface area (Å²) in [5, 5.41) is 0.305. The molecule has 1 heterocycles. The molecule has 112 valence electrons. The van der Waals surface area contributed by atoms with Crippen molar-refractivity contribution in [3.05, 3.63) is 34.3 Å². The Bertz CT molecular complexity index is 447. The number of nitrogens with zero attached hydrogens (tertiary/aromatic N) is 1. The Morgan fingerprint density at radius 2 is 1.75 bits per heavy atom. The van der Waals surface area contributed by atoms with Crippen molar-refractivity contribution in [1.29, 1.82) is 0 Å². The number of rotatable bonds is 4. The fourth-order valence-corrected chi connectivity index (χ4v) is 3.77. The zero-order valence-electron chi connectivity index (χ0n) is 13.2. The molecule has 0 radical (unpaired) electrons. The van der Waals surface area contributed by atoms with E-state index in [0.717, 1.165) is 24.1 Å². The Morgan fingerprint density at radius 3 is 2.25 bits per heavy atom. The van der Waals surface area contributed by atoms with Gasteiger partial charge in [-0.15, -0.1) is 0 Å². The highest BCUT2D eigenvalue weighted by Gasteiger charge is 2.41. The molecule has 0 aliphatic carbocycles. The Kier molecular flexibility index (Phi) is 4.79. The summed E-state index contributed by atoms with van der Waals surface area (Å²) in [5.74, 6) is 0. The van der Waals surface area contributed by atoms with Crippen LogP contribution in [0.15, 0.2) is 28.7 Å². The summed E-state index contributed by atoms with van der Waals surface area (Å²) in [4.78, 5) is 2.46. The summed E-state index contributed by atoms with van der Waals surface area (Å²) in [6.45, 7) is 14.8. The lowest BCUT2D eigenvalue weighted by Gasteiger charge is -2.46. The molecule has 1 fully saturated rings. The van der Waals surface area contributed by atoms with Crippen LogP contribution < -0.4 is 0 Å². The summed E-state index contributed by atoms with van der Waals surface area (Å²) < 4.78 is 7.56. The first kappa shape index (κ1) is 16.2. The predicted octanol–water partition coefficient (Wildman–Crippen LogP) is 4.66. The van der Waals surface area contributed by atoms with E-state index < -0.39 is 8.32 Å². The highest BCUT2D eigenvalue weighted by atomic mass is 79.9. The van der Waals surface area contributed by atoms with Crippen LogP contribution in [0.2, 0.25) is 18.1 Å². The van der Waals surface area contributed by atoms with E-state index in [9.17, 15) is 0 Å². The summed E-state index contributed by atoms with van der Waals surface area (Å²) in [6.07, 6.45) is 0.436. The summed E-state index contributed by atoms with van der Waals surface area (Å²) in [5.41, 5.74) is 1.37. The molecular weight excluding hydrogens is 330 g/mol. The maximum Gasteiger partial charge on any atom is 0.192 e. The molecule has 1 aliphatic heterocycles. The van der Waals surface area contributed by atoms with Gasteiger partial charge in [0.1, 0.15) is 0 Å². The van der Waals surface area contributed by atoms with Crippen LogP contribution in [0.3, 0.4) is 0 Å². The number of halogens is 1. The largest absolute Gasteiger partial charge is 0.411 e. The summed E-state index contributed by atoms with van der Waals surface area (Å²) in [7, 11) is -1.60. The van der Waals surface area contributed by atoms with Gasteiger partial charge in [-0.3, -0.25) is 4.90 Å². The molecule has 0 spiro atoms. The van der Waals surface area contributed by atoms with Gasteiger partial charge in [0.25, 0.3) is 0 Å². The van der Waals surface area contributed by atoms with E-state index in [1.165, 1.54) is 5.56 Å². The van der Waals surface area contributed by atoms with E-state index in [4.69, 9.17) is 4.43 Å². The first-order valence-corrected chi connectivity index (χ1v) is 11.0. The van der Waals surface area contributed by atoms with Gasteiger partial charge in [-0.05, 0) is 35.8 Å². The Balaban J connectivity index is 1.79. The average molecular weight is 356 g/mol. The van der Waals surface area contributed by atoms with Gasteiger partial charge in [0.05, 0.1) is 6.10 Å². The maximum atomic E-state index is 6.41. The zero-order valence-corrected chi connectivity index (χ0v) is 15.8. The van der Waals surface area contributed by atoms with E-state index in [0.29, 0.717) is 11.1 Å². The second-order valence-corrected chi connectivity index (χ2v) is 13.0. The van der Waals surface area contributed by atoms with Crippen LogP contribution in [-0.2, 0) is 11.0 Å². The first-order valence-electron chi connectivity index (χ1n) is 7.32. The topological polar surface area (TPSA) is 12.5 Å². The van der Waals surface area contributed by atoms with Gasteiger partial charge in [-0.2, -0.15) is 0 Å². The molecule has 0 amide bonds. The van der Waals surface area contributed by atoms with Crippen molar-refractivity contribution in [1.82, 2.24) is 4.90 Å². The SMILES string of the molecule is CC(C)(C)[Si](C)(C)OC1CN(Cc2ccc(Br)cc2)C1. The maximum absolute atomic E-state index is 6.41. The van der Waals surface area contributed by atoms with Gasteiger partial charge in [0, 0.05) is 24.1 Å². The molecule has 0 unspecified atom stereocenters. The van der Waals surface area contributed by atoms with Crippen molar-refractivity contribution in [3.8, 4) is 0 Å². The van der Waals surface area contributed by atoms with Gasteiger partial charge in [0.15, 0.2) is 8.32 Å². The third-order valence-corrected chi connectivity index (χ3v) is 9.57. The normalized spacial score (nSPS) is 18.1. The number of hydrogen-bond donors (Lipinski definition) is 0. The van der Waals surface area contributed by atoms with Gasteiger partial charge in [-0.25, -0.2) is 0 Å². The van der Waals surface area contributed by atoms with Crippen LogP contribution in [0.4, 0.5) is 0 Å². The molecule has 1 aromatic rings. The first-order chi connectivity index (χ1) is 9.17. The third kappa shape index (κ3) is 3.94. The van der Waals surface area contributed by atoms with Gasteiger partial charge in [-0.1, -0.05) is 48.8 Å². The lowest BCUT2D eigenvalue weighted by molar-refractivity contribution is 0.00563. The Labute approximate surface area is 132 Å². The molecule has 1 saturated heterocycles. The van der Waals surface area contributed by atoms with Crippen LogP contribution in [-0.4, -0.2) is 32.4 Å². The second kappa shape index (κ2) is 5.91. The summed E-state index contributed by atoms with van der Waals surface area (Å²) >= 11 is 3.47. The van der Waals surface area contributed by atoms with Gasteiger partial charge >= 0.3 is 0 Å². The number of benzene rings is 1. The molecule has 1 aromatic carbocycles. The molecule has 20 heavy (non-hydrogen) atoms. The van der Waals surface area contributed by atoms with Crippen LogP contribution >= 0.6 is 15.9 Å². The van der Waals surface area contributed by atoms with E-state index in [-0.39, 0.29) is 0 Å². The lowest BCUT2D eigenvalue weighted by atomic mass is 10.1. The zero-order chi connectivity index (χ0) is 15.0. The van der Waals surface area contributed by atoms with Crippen molar-refractivity contribution >= 4 is 24.2 Å². The fraction of sp³-hybridized carbons (Fsp3) is 0.625. The number of likely N-dealkylation sites (tertiary alicyclic amines) is 1.